The van der Waals surface area contributed by atoms with Gasteiger partial charge in [-0.1, -0.05) is 24.3 Å². The van der Waals surface area contributed by atoms with E-state index in [9.17, 15) is 4.79 Å². The first-order chi connectivity index (χ1) is 9.71. The molecule has 0 aliphatic rings. The highest BCUT2D eigenvalue weighted by atomic mass is 16.5. The Bertz CT molecular complexity index is 562. The molecule has 0 aromatic heterocycles. The lowest BCUT2D eigenvalue weighted by molar-refractivity contribution is 0.187. The van der Waals surface area contributed by atoms with Crippen LogP contribution in [0.2, 0.25) is 0 Å². The molecule has 2 aromatic rings. The Labute approximate surface area is 118 Å². The number of carbonyl (C=O) groups is 1. The van der Waals surface area contributed by atoms with Crippen molar-refractivity contribution >= 4 is 17.5 Å². The number of hydrogen-bond acceptors (Lipinski definition) is 3. The summed E-state index contributed by atoms with van der Waals surface area (Å²) in [7, 11) is 3.25. The predicted octanol–water partition coefficient (Wildman–Crippen LogP) is 3.50. The summed E-state index contributed by atoms with van der Waals surface area (Å²) < 4.78 is 4.55. The molecule has 104 valence electrons. The molecule has 4 heteroatoms. The molecule has 1 amide bonds. The summed E-state index contributed by atoms with van der Waals surface area (Å²) in [5.74, 6) is 0. The summed E-state index contributed by atoms with van der Waals surface area (Å²) in [6.45, 7) is 0. The highest BCUT2D eigenvalue weighted by Crippen LogP contribution is 2.15. The zero-order valence-corrected chi connectivity index (χ0v) is 11.6. The Morgan fingerprint density at radius 3 is 1.90 bits per heavy atom. The number of benzene rings is 2. The van der Waals surface area contributed by atoms with E-state index in [1.165, 1.54) is 18.2 Å². The van der Waals surface area contributed by atoms with Crippen LogP contribution in [0.4, 0.5) is 16.2 Å². The second kappa shape index (κ2) is 6.61. The molecule has 0 bridgehead atoms. The van der Waals surface area contributed by atoms with Crippen molar-refractivity contribution in [1.29, 1.82) is 0 Å². The van der Waals surface area contributed by atoms with Crippen LogP contribution in [0.15, 0.2) is 48.5 Å². The number of methoxy groups -OCH3 is 1. The van der Waals surface area contributed by atoms with Gasteiger partial charge in [0.1, 0.15) is 0 Å². The maximum Gasteiger partial charge on any atom is 0.411 e. The van der Waals surface area contributed by atoms with Crippen molar-refractivity contribution in [3.05, 3.63) is 59.7 Å². The fourth-order valence-corrected chi connectivity index (χ4v) is 1.90. The molecule has 0 atom stereocenters. The molecule has 0 unspecified atom stereocenters. The third-order valence-electron chi connectivity index (χ3n) is 3.04. The van der Waals surface area contributed by atoms with Crippen molar-refractivity contribution in [2.24, 2.45) is 0 Å². The van der Waals surface area contributed by atoms with Gasteiger partial charge in [-0.25, -0.2) is 4.79 Å². The normalized spacial score (nSPS) is 9.90. The average molecular weight is 270 g/mol. The average Bonchev–Trinajstić information content (AvgIpc) is 2.50. The highest BCUT2D eigenvalue weighted by molar-refractivity contribution is 5.84. The van der Waals surface area contributed by atoms with Gasteiger partial charge >= 0.3 is 6.09 Å². The molecule has 0 aliphatic heterocycles. The van der Waals surface area contributed by atoms with Gasteiger partial charge < -0.3 is 10.1 Å². The summed E-state index contributed by atoms with van der Waals surface area (Å²) in [6, 6.07) is 16.1. The lowest BCUT2D eigenvalue weighted by Gasteiger charge is -2.06. The van der Waals surface area contributed by atoms with Crippen LogP contribution in [-0.2, 0) is 11.2 Å². The quantitative estimate of drug-likeness (QED) is 0.894. The van der Waals surface area contributed by atoms with E-state index in [1.54, 1.807) is 0 Å². The molecule has 2 N–H and O–H groups in total. The molecule has 0 heterocycles. The topological polar surface area (TPSA) is 50.4 Å². The molecule has 0 aliphatic carbocycles. The molecule has 0 saturated heterocycles. The minimum Gasteiger partial charge on any atom is -0.453 e. The number of amides is 1. The maximum absolute atomic E-state index is 11.1. The van der Waals surface area contributed by atoms with E-state index in [2.05, 4.69) is 39.6 Å². The van der Waals surface area contributed by atoms with E-state index >= 15 is 0 Å². The van der Waals surface area contributed by atoms with Crippen molar-refractivity contribution in [2.45, 2.75) is 6.42 Å². The minimum absolute atomic E-state index is 0.458. The number of ether oxygens (including phenoxy) is 1. The van der Waals surface area contributed by atoms with Crippen molar-refractivity contribution in [2.75, 3.05) is 24.8 Å². The molecule has 2 rings (SSSR count). The summed E-state index contributed by atoms with van der Waals surface area (Å²) in [6.07, 6.45) is 0.406. The number of anilines is 2. The summed E-state index contributed by atoms with van der Waals surface area (Å²) in [5.41, 5.74) is 4.27. The van der Waals surface area contributed by atoms with E-state index in [0.29, 0.717) is 0 Å². The van der Waals surface area contributed by atoms with E-state index in [0.717, 1.165) is 17.8 Å². The fourth-order valence-electron chi connectivity index (χ4n) is 1.90. The first-order valence-electron chi connectivity index (χ1n) is 6.42. The number of carbonyl (C=O) groups excluding carboxylic acids is 1. The van der Waals surface area contributed by atoms with Crippen LogP contribution in [0.5, 0.6) is 0 Å². The molecule has 0 spiro atoms. The standard InChI is InChI=1S/C16H18N2O2/c1-17-14-7-3-12(4-8-14)11-13-5-9-15(10-6-13)18-16(19)20-2/h3-10,17H,11H2,1-2H3,(H,18,19). The molecule has 0 radical (unpaired) electrons. The second-order valence-electron chi connectivity index (χ2n) is 4.44. The van der Waals surface area contributed by atoms with Gasteiger partial charge in [-0.15, -0.1) is 0 Å². The lowest BCUT2D eigenvalue weighted by atomic mass is 10.0. The molecule has 0 fully saturated rings. The van der Waals surface area contributed by atoms with Crippen molar-refractivity contribution in [3.8, 4) is 0 Å². The third-order valence-corrected chi connectivity index (χ3v) is 3.04. The number of rotatable bonds is 4. The van der Waals surface area contributed by atoms with Gasteiger partial charge in [0.25, 0.3) is 0 Å². The fraction of sp³-hybridized carbons (Fsp3) is 0.188. The van der Waals surface area contributed by atoms with E-state index in [1.807, 2.05) is 31.3 Å². The van der Waals surface area contributed by atoms with Gasteiger partial charge in [-0.05, 0) is 41.8 Å². The Morgan fingerprint density at radius 1 is 0.950 bits per heavy atom. The van der Waals surface area contributed by atoms with Crippen LogP contribution in [0.1, 0.15) is 11.1 Å². The van der Waals surface area contributed by atoms with Crippen LogP contribution in [-0.4, -0.2) is 20.3 Å². The molecule has 4 nitrogen and oxygen atoms in total. The Hall–Kier alpha value is -2.49. The smallest absolute Gasteiger partial charge is 0.411 e. The number of hydrogen-bond donors (Lipinski definition) is 2. The summed E-state index contributed by atoms with van der Waals surface area (Å²) >= 11 is 0. The van der Waals surface area contributed by atoms with Crippen molar-refractivity contribution in [1.82, 2.24) is 0 Å². The van der Waals surface area contributed by atoms with Gasteiger partial charge in [-0.3, -0.25) is 5.32 Å². The SMILES string of the molecule is CNc1ccc(Cc2ccc(NC(=O)OC)cc2)cc1. The zero-order chi connectivity index (χ0) is 14.4. The first-order valence-corrected chi connectivity index (χ1v) is 6.42. The Balaban J connectivity index is 2.00. The first kappa shape index (κ1) is 13.9. The van der Waals surface area contributed by atoms with Crippen LogP contribution in [0.25, 0.3) is 0 Å². The molecular weight excluding hydrogens is 252 g/mol. The van der Waals surface area contributed by atoms with Crippen LogP contribution in [0, 0.1) is 0 Å². The maximum atomic E-state index is 11.1. The largest absolute Gasteiger partial charge is 0.453 e. The van der Waals surface area contributed by atoms with Gasteiger partial charge in [0.2, 0.25) is 0 Å². The number of nitrogens with one attached hydrogen (secondary N) is 2. The zero-order valence-electron chi connectivity index (χ0n) is 11.6. The lowest BCUT2D eigenvalue weighted by Crippen LogP contribution is -2.10. The minimum atomic E-state index is -0.458. The Morgan fingerprint density at radius 2 is 1.45 bits per heavy atom. The monoisotopic (exact) mass is 270 g/mol. The predicted molar refractivity (Wildman–Crippen MR) is 81.3 cm³/mol. The summed E-state index contributed by atoms with van der Waals surface area (Å²) in [4.78, 5) is 11.1. The van der Waals surface area contributed by atoms with Gasteiger partial charge in [-0.2, -0.15) is 0 Å². The van der Waals surface area contributed by atoms with Crippen LogP contribution in [0.3, 0.4) is 0 Å². The van der Waals surface area contributed by atoms with Crippen molar-refractivity contribution < 1.29 is 9.53 Å². The molecule has 20 heavy (non-hydrogen) atoms. The summed E-state index contributed by atoms with van der Waals surface area (Å²) in [5, 5.41) is 5.73. The van der Waals surface area contributed by atoms with Crippen molar-refractivity contribution in [3.63, 3.8) is 0 Å². The van der Waals surface area contributed by atoms with E-state index in [4.69, 9.17) is 0 Å². The molecular formula is C16H18N2O2. The van der Waals surface area contributed by atoms with E-state index in [-0.39, 0.29) is 0 Å². The molecule has 2 aromatic carbocycles. The van der Waals surface area contributed by atoms with Gasteiger partial charge in [0.15, 0.2) is 0 Å². The van der Waals surface area contributed by atoms with Crippen LogP contribution >= 0.6 is 0 Å². The van der Waals surface area contributed by atoms with Gasteiger partial charge in [0.05, 0.1) is 7.11 Å². The van der Waals surface area contributed by atoms with Gasteiger partial charge in [0, 0.05) is 18.4 Å². The second-order valence-corrected chi connectivity index (χ2v) is 4.44. The van der Waals surface area contributed by atoms with Crippen LogP contribution < -0.4 is 10.6 Å². The van der Waals surface area contributed by atoms with E-state index < -0.39 is 6.09 Å². The Kier molecular flexibility index (Phi) is 4.60. The molecule has 0 saturated carbocycles. The third kappa shape index (κ3) is 3.75. The highest BCUT2D eigenvalue weighted by Gasteiger charge is 2.01.